The number of hydrogen-bond acceptors (Lipinski definition) is 5. The van der Waals surface area contributed by atoms with Crippen LogP contribution in [0, 0.1) is 10.1 Å². The van der Waals surface area contributed by atoms with E-state index in [9.17, 15) is 10.1 Å². The van der Waals surface area contributed by atoms with Gasteiger partial charge in [-0.1, -0.05) is 32.0 Å². The topological polar surface area (TPSA) is 76.2 Å². The molecule has 0 bridgehead atoms. The highest BCUT2D eigenvalue weighted by molar-refractivity contribution is 6.11. The fourth-order valence-electron chi connectivity index (χ4n) is 3.61. The van der Waals surface area contributed by atoms with E-state index in [1.54, 1.807) is 6.07 Å². The van der Waals surface area contributed by atoms with Crippen LogP contribution < -0.4 is 5.32 Å². The number of anilines is 2. The van der Waals surface area contributed by atoms with Gasteiger partial charge in [0.1, 0.15) is 11.4 Å². The number of nitro groups is 1. The largest absolute Gasteiger partial charge is 0.349 e. The van der Waals surface area contributed by atoms with Crippen molar-refractivity contribution >= 4 is 28.0 Å². The number of aromatic nitrogens is 2. The second-order valence-electron chi connectivity index (χ2n) is 6.38. The zero-order valence-corrected chi connectivity index (χ0v) is 14.9. The highest BCUT2D eigenvalue weighted by Crippen LogP contribution is 2.46. The van der Waals surface area contributed by atoms with Crippen molar-refractivity contribution in [3.05, 3.63) is 46.5 Å². The molecule has 2 aromatic carbocycles. The molecule has 0 amide bonds. The minimum atomic E-state index is -0.341. The van der Waals surface area contributed by atoms with Gasteiger partial charge in [-0.25, -0.2) is 0 Å². The fourth-order valence-corrected chi connectivity index (χ4v) is 3.61. The Kier molecular flexibility index (Phi) is 4.08. The second kappa shape index (κ2) is 6.42. The van der Waals surface area contributed by atoms with Gasteiger partial charge in [-0.3, -0.25) is 14.8 Å². The van der Waals surface area contributed by atoms with Crippen LogP contribution in [0.5, 0.6) is 0 Å². The summed E-state index contributed by atoms with van der Waals surface area (Å²) < 4.78 is 1.97. The van der Waals surface area contributed by atoms with Gasteiger partial charge in [0.25, 0.3) is 5.69 Å². The van der Waals surface area contributed by atoms with Crippen LogP contribution in [0.4, 0.5) is 17.1 Å². The molecule has 3 aromatic rings. The van der Waals surface area contributed by atoms with Crippen molar-refractivity contribution in [3.8, 4) is 11.3 Å². The van der Waals surface area contributed by atoms with Crippen LogP contribution >= 0.6 is 0 Å². The molecule has 0 unspecified atom stereocenters. The SMILES string of the molecule is CCN(CC)CCn1nc2c3c(c([N+](=O)[O-])ccc31)Nc1ccccc1-2. The maximum absolute atomic E-state index is 11.5. The lowest BCUT2D eigenvalue weighted by Crippen LogP contribution is -2.27. The van der Waals surface area contributed by atoms with Crippen LogP contribution in [0.15, 0.2) is 36.4 Å². The molecule has 2 heterocycles. The van der Waals surface area contributed by atoms with Crippen molar-refractivity contribution in [2.24, 2.45) is 0 Å². The Hall–Kier alpha value is -2.93. The van der Waals surface area contributed by atoms with Crippen LogP contribution in [0.3, 0.4) is 0 Å². The Balaban J connectivity index is 1.88. The molecule has 0 fully saturated rings. The number of hydrogen-bond donors (Lipinski definition) is 1. The first kappa shape index (κ1) is 16.5. The quantitative estimate of drug-likeness (QED) is 0.419. The lowest BCUT2D eigenvalue weighted by Gasteiger charge is -2.18. The average molecular weight is 351 g/mol. The summed E-state index contributed by atoms with van der Waals surface area (Å²) >= 11 is 0. The van der Waals surface area contributed by atoms with E-state index in [1.807, 2.05) is 35.0 Å². The van der Waals surface area contributed by atoms with Crippen LogP contribution in [0.2, 0.25) is 0 Å². The second-order valence-corrected chi connectivity index (χ2v) is 6.38. The molecular formula is C19H21N5O2. The minimum Gasteiger partial charge on any atom is -0.349 e. The normalized spacial score (nSPS) is 12.3. The van der Waals surface area contributed by atoms with Gasteiger partial charge in [-0.15, -0.1) is 0 Å². The maximum Gasteiger partial charge on any atom is 0.293 e. The highest BCUT2D eigenvalue weighted by atomic mass is 16.6. The Morgan fingerprint density at radius 2 is 1.96 bits per heavy atom. The highest BCUT2D eigenvalue weighted by Gasteiger charge is 2.28. The van der Waals surface area contributed by atoms with Crippen molar-refractivity contribution in [2.75, 3.05) is 25.0 Å². The van der Waals surface area contributed by atoms with E-state index >= 15 is 0 Å². The summed E-state index contributed by atoms with van der Waals surface area (Å²) in [5.41, 5.74) is 4.19. The lowest BCUT2D eigenvalue weighted by atomic mass is 9.99. The first-order valence-corrected chi connectivity index (χ1v) is 8.90. The number of likely N-dealkylation sites (N-methyl/N-ethyl adjacent to an activating group) is 1. The van der Waals surface area contributed by atoms with E-state index in [2.05, 4.69) is 24.1 Å². The van der Waals surface area contributed by atoms with Gasteiger partial charge in [0.2, 0.25) is 0 Å². The molecule has 7 nitrogen and oxygen atoms in total. The molecule has 1 N–H and O–H groups in total. The summed E-state index contributed by atoms with van der Waals surface area (Å²) in [6.07, 6.45) is 0. The number of nitro benzene ring substituents is 1. The zero-order valence-electron chi connectivity index (χ0n) is 14.9. The van der Waals surface area contributed by atoms with Gasteiger partial charge in [0, 0.05) is 23.9 Å². The third-order valence-corrected chi connectivity index (χ3v) is 5.06. The third-order valence-electron chi connectivity index (χ3n) is 5.06. The number of rotatable bonds is 6. The molecular weight excluding hydrogens is 330 g/mol. The van der Waals surface area contributed by atoms with E-state index in [4.69, 9.17) is 5.10 Å². The molecule has 0 saturated heterocycles. The summed E-state index contributed by atoms with van der Waals surface area (Å²) in [5.74, 6) is 0. The Morgan fingerprint density at radius 1 is 1.19 bits per heavy atom. The number of para-hydroxylation sites is 1. The molecule has 0 radical (unpaired) electrons. The molecule has 26 heavy (non-hydrogen) atoms. The summed E-state index contributed by atoms with van der Waals surface area (Å²) in [7, 11) is 0. The first-order chi connectivity index (χ1) is 12.6. The number of benzene rings is 2. The number of nitrogens with one attached hydrogen (secondary N) is 1. The van der Waals surface area contributed by atoms with Crippen molar-refractivity contribution < 1.29 is 4.92 Å². The van der Waals surface area contributed by atoms with E-state index in [-0.39, 0.29) is 10.6 Å². The smallest absolute Gasteiger partial charge is 0.293 e. The van der Waals surface area contributed by atoms with Gasteiger partial charge in [-0.05, 0) is 25.2 Å². The van der Waals surface area contributed by atoms with Gasteiger partial charge in [0.05, 0.1) is 22.4 Å². The Morgan fingerprint density at radius 3 is 2.69 bits per heavy atom. The molecule has 0 spiro atoms. The van der Waals surface area contributed by atoms with Crippen LogP contribution in [0.1, 0.15) is 13.8 Å². The van der Waals surface area contributed by atoms with Crippen molar-refractivity contribution in [2.45, 2.75) is 20.4 Å². The van der Waals surface area contributed by atoms with Crippen molar-refractivity contribution in [1.29, 1.82) is 0 Å². The molecule has 134 valence electrons. The summed E-state index contributed by atoms with van der Waals surface area (Å²) in [6.45, 7) is 7.91. The lowest BCUT2D eigenvalue weighted by molar-refractivity contribution is -0.383. The molecule has 1 aliphatic heterocycles. The van der Waals surface area contributed by atoms with Crippen molar-refractivity contribution in [1.82, 2.24) is 14.7 Å². The summed E-state index contributed by atoms with van der Waals surface area (Å²) in [4.78, 5) is 13.5. The van der Waals surface area contributed by atoms with Gasteiger partial charge >= 0.3 is 0 Å². The predicted octanol–water partition coefficient (Wildman–Crippen LogP) is 4.01. The molecule has 1 aromatic heterocycles. The third kappa shape index (κ3) is 2.52. The molecule has 4 rings (SSSR count). The summed E-state index contributed by atoms with van der Waals surface area (Å²) in [5, 5.41) is 20.4. The van der Waals surface area contributed by atoms with E-state index in [0.29, 0.717) is 5.69 Å². The van der Waals surface area contributed by atoms with Gasteiger partial charge in [-0.2, -0.15) is 5.10 Å². The first-order valence-electron chi connectivity index (χ1n) is 8.90. The van der Waals surface area contributed by atoms with Crippen molar-refractivity contribution in [3.63, 3.8) is 0 Å². The molecule has 7 heteroatoms. The number of fused-ring (bicyclic) bond motifs is 2. The van der Waals surface area contributed by atoms with Crippen LogP contribution in [0.25, 0.3) is 22.2 Å². The molecule has 0 saturated carbocycles. The Labute approximate surface area is 151 Å². The molecule has 0 atom stereocenters. The van der Waals surface area contributed by atoms with Crippen LogP contribution in [-0.2, 0) is 6.54 Å². The molecule has 0 aliphatic carbocycles. The fraction of sp³-hybridized carbons (Fsp3) is 0.316. The maximum atomic E-state index is 11.5. The molecule has 1 aliphatic rings. The van der Waals surface area contributed by atoms with Gasteiger partial charge < -0.3 is 10.2 Å². The van der Waals surface area contributed by atoms with Crippen LogP contribution in [-0.4, -0.2) is 39.2 Å². The monoisotopic (exact) mass is 351 g/mol. The zero-order chi connectivity index (χ0) is 18.3. The van der Waals surface area contributed by atoms with E-state index in [0.717, 1.165) is 54.0 Å². The minimum absolute atomic E-state index is 0.0801. The summed E-state index contributed by atoms with van der Waals surface area (Å²) in [6, 6.07) is 11.2. The average Bonchev–Trinajstić information content (AvgIpc) is 3.03. The Bertz CT molecular complexity index is 991. The standard InChI is InChI=1S/C19H21N5O2/c1-3-22(4-2)11-12-23-15-9-10-16(24(25)26)19-17(15)18(21-23)13-7-5-6-8-14(13)20-19/h5-10,20H,3-4,11-12H2,1-2H3. The predicted molar refractivity (Wildman–Crippen MR) is 103 cm³/mol. The van der Waals surface area contributed by atoms with Gasteiger partial charge in [0.15, 0.2) is 0 Å². The van der Waals surface area contributed by atoms with E-state index < -0.39 is 0 Å². The van der Waals surface area contributed by atoms with E-state index in [1.165, 1.54) is 0 Å². The number of nitrogens with zero attached hydrogens (tertiary/aromatic N) is 4.